The molecule has 5 atom stereocenters. The van der Waals surface area contributed by atoms with Crippen LogP contribution in [-0.2, 0) is 68.6 Å². The van der Waals surface area contributed by atoms with Crippen molar-refractivity contribution in [1.82, 2.24) is 31.9 Å². The van der Waals surface area contributed by atoms with Crippen LogP contribution in [0.15, 0.2) is 42.5 Å². The predicted octanol–water partition coefficient (Wildman–Crippen LogP) is -1.61. The van der Waals surface area contributed by atoms with Crippen molar-refractivity contribution in [3.05, 3.63) is 48.0 Å². The monoisotopic (exact) mass is 1070 g/mol. The molecule has 2 aromatic rings. The van der Waals surface area contributed by atoms with Gasteiger partial charge in [0, 0.05) is 25.8 Å². The highest BCUT2D eigenvalue weighted by Gasteiger charge is 2.49. The molecule has 406 valence electrons. The van der Waals surface area contributed by atoms with Crippen molar-refractivity contribution in [2.75, 3.05) is 39.6 Å². The van der Waals surface area contributed by atoms with E-state index in [2.05, 4.69) is 25.5 Å². The van der Waals surface area contributed by atoms with Gasteiger partial charge in [0.15, 0.2) is 0 Å². The van der Waals surface area contributed by atoms with Crippen molar-refractivity contribution < 1.29 is 114 Å². The average molecular weight is 1070 g/mol. The van der Waals surface area contributed by atoms with Gasteiger partial charge in [0.2, 0.25) is 23.6 Å². The molecule has 0 saturated carbocycles. The van der Waals surface area contributed by atoms with Crippen LogP contribution in [0.1, 0.15) is 56.9 Å². The number of aliphatic carboxylic acids is 5. The van der Waals surface area contributed by atoms with Gasteiger partial charge >= 0.3 is 51.5 Å². The van der Waals surface area contributed by atoms with E-state index in [9.17, 15) is 95.1 Å². The van der Waals surface area contributed by atoms with Crippen LogP contribution < -0.4 is 31.9 Å². The van der Waals surface area contributed by atoms with Crippen LogP contribution in [0.5, 0.6) is 0 Å². The second-order valence-corrected chi connectivity index (χ2v) is 17.9. The number of carboxylic acids is 5. The van der Waals surface area contributed by atoms with Crippen LogP contribution in [-0.4, -0.2) is 179 Å². The number of alkyl halides is 3. The molecular weight excluding hydrogens is 1010 g/mol. The molecular formula is C42H55F3N6O21S. The number of amides is 6. The number of ether oxygens (including phenoxy) is 1. The van der Waals surface area contributed by atoms with Gasteiger partial charge in [-0.25, -0.2) is 14.4 Å². The van der Waals surface area contributed by atoms with Crippen LogP contribution in [0.3, 0.4) is 0 Å². The fraction of sp³-hybridized carbons (Fsp3) is 0.524. The molecule has 31 heteroatoms. The molecule has 0 heterocycles. The summed E-state index contributed by atoms with van der Waals surface area (Å²) in [6, 6.07) is 2.37. The topological polar surface area (TPSA) is 437 Å². The van der Waals surface area contributed by atoms with Gasteiger partial charge in [0.05, 0.1) is 38.3 Å². The van der Waals surface area contributed by atoms with Crippen LogP contribution in [0.2, 0.25) is 0 Å². The minimum atomic E-state index is -6.19. The Bertz CT molecular complexity index is 2410. The first-order valence-electron chi connectivity index (χ1n) is 21.7. The second kappa shape index (κ2) is 29.3. The van der Waals surface area contributed by atoms with Gasteiger partial charge in [-0.05, 0) is 48.4 Å². The largest absolute Gasteiger partial charge is 0.523 e. The van der Waals surface area contributed by atoms with E-state index in [-0.39, 0.29) is 32.2 Å². The Balaban J connectivity index is 2.27. The molecule has 73 heavy (non-hydrogen) atoms. The van der Waals surface area contributed by atoms with E-state index in [0.717, 1.165) is 10.8 Å². The van der Waals surface area contributed by atoms with E-state index in [0.29, 0.717) is 5.56 Å². The Morgan fingerprint density at radius 2 is 1.15 bits per heavy atom. The number of fused-ring (bicyclic) bond motifs is 1. The van der Waals surface area contributed by atoms with E-state index >= 15 is 0 Å². The lowest BCUT2D eigenvalue weighted by Crippen LogP contribution is -2.57. The quantitative estimate of drug-likeness (QED) is 0.0213. The number of benzene rings is 2. The maximum atomic E-state index is 13.9. The number of halogens is 3. The summed E-state index contributed by atoms with van der Waals surface area (Å²) in [5.41, 5.74) is -7.59. The lowest BCUT2D eigenvalue weighted by atomic mass is 9.93. The first-order valence-corrected chi connectivity index (χ1v) is 23.1. The highest BCUT2D eigenvalue weighted by molar-refractivity contribution is 7.87. The Hall–Kier alpha value is -7.22. The zero-order valence-electron chi connectivity index (χ0n) is 38.4. The smallest absolute Gasteiger partial charge is 0.481 e. The van der Waals surface area contributed by atoms with Crippen LogP contribution in [0.25, 0.3) is 10.8 Å². The molecule has 5 unspecified atom stereocenters. The Morgan fingerprint density at radius 3 is 1.68 bits per heavy atom. The summed E-state index contributed by atoms with van der Waals surface area (Å²) in [6.45, 7) is -6.17. The standard InChI is InChI=1S/C42H55F3N6O21S/c43-42(44,45)73(69,70)72-22-41(19-52,20-53)21-71-18-31(54)47-26(10-12-32(55)56)36(62)48-27(11-13-33(57)58)37(63)49-29(16-23-8-9-24-5-1-2-6-25(24)15-23)35(61)46-14-4-3-7-28(38(64)65)50-40(68)51-30(39(66)67)17-34(59)60/h1-2,5-6,8-9,15,26-30,52-53H,3-4,7,10-14,16-22H2,(H,46,61)(H,47,54)(H,48,62)(H,49,63)(H,55,56)(H,57,58)(H,59,60)(H,64,65)(H,66,67)(H2,50,51,68). The average Bonchev–Trinajstić information content (AvgIpc) is 3.30. The summed E-state index contributed by atoms with van der Waals surface area (Å²) in [5.74, 6) is -12.1. The lowest BCUT2D eigenvalue weighted by molar-refractivity contribution is -0.145. The third kappa shape index (κ3) is 22.0. The molecule has 0 aliphatic heterocycles. The molecule has 0 spiro atoms. The summed E-state index contributed by atoms with van der Waals surface area (Å²) >= 11 is 0. The summed E-state index contributed by atoms with van der Waals surface area (Å²) in [6.07, 6.45) is -4.24. The molecule has 0 fully saturated rings. The van der Waals surface area contributed by atoms with Gasteiger partial charge in [0.1, 0.15) is 36.8 Å². The van der Waals surface area contributed by atoms with Gasteiger partial charge in [-0.3, -0.25) is 37.7 Å². The third-order valence-electron chi connectivity index (χ3n) is 10.4. The SMILES string of the molecule is O=C(O)CCC(NC(=O)COCC(CO)(CO)COS(=O)(=O)C(F)(F)F)C(=O)NC(CCC(=O)O)C(=O)NC(Cc1ccc2ccccc2c1)C(=O)NCCCCC(NC(=O)NC(CC(=O)O)C(=O)O)C(=O)O. The van der Waals surface area contributed by atoms with E-state index in [1.165, 1.54) is 0 Å². The van der Waals surface area contributed by atoms with E-state index in [1.807, 2.05) is 10.6 Å². The van der Waals surface area contributed by atoms with Gasteiger partial charge < -0.3 is 72.4 Å². The van der Waals surface area contributed by atoms with Gasteiger partial charge in [-0.15, -0.1) is 0 Å². The fourth-order valence-electron chi connectivity index (χ4n) is 6.37. The number of aliphatic hydroxyl groups is 2. The highest BCUT2D eigenvalue weighted by Crippen LogP contribution is 2.27. The maximum Gasteiger partial charge on any atom is 0.523 e. The third-order valence-corrected chi connectivity index (χ3v) is 11.4. The van der Waals surface area contributed by atoms with Crippen LogP contribution >= 0.6 is 0 Å². The molecule has 13 N–H and O–H groups in total. The molecule has 6 amide bonds. The number of carbonyl (C=O) groups is 10. The van der Waals surface area contributed by atoms with Crippen molar-refractivity contribution >= 4 is 80.4 Å². The molecule has 0 aliphatic rings. The lowest BCUT2D eigenvalue weighted by Gasteiger charge is -2.29. The summed E-state index contributed by atoms with van der Waals surface area (Å²) < 4.78 is 69.9. The van der Waals surface area contributed by atoms with Crippen molar-refractivity contribution in [1.29, 1.82) is 0 Å². The number of aliphatic hydroxyl groups excluding tert-OH is 2. The van der Waals surface area contributed by atoms with E-state index in [1.54, 1.807) is 42.5 Å². The molecule has 27 nitrogen and oxygen atoms in total. The fourth-order valence-corrected chi connectivity index (χ4v) is 6.91. The van der Waals surface area contributed by atoms with E-state index < -0.39 is 176 Å². The molecule has 0 radical (unpaired) electrons. The Morgan fingerprint density at radius 1 is 0.603 bits per heavy atom. The summed E-state index contributed by atoms with van der Waals surface area (Å²) in [5, 5.41) is 80.6. The van der Waals surface area contributed by atoms with Gasteiger partial charge in [0.25, 0.3) is 0 Å². The number of rotatable bonds is 34. The molecule has 0 saturated heterocycles. The van der Waals surface area contributed by atoms with Crippen LogP contribution in [0, 0.1) is 5.41 Å². The second-order valence-electron chi connectivity index (χ2n) is 16.2. The van der Waals surface area contributed by atoms with Crippen molar-refractivity contribution in [3.8, 4) is 0 Å². The molecule has 0 aromatic heterocycles. The Kier molecular flexibility index (Phi) is 24.9. The molecule has 0 aliphatic carbocycles. The predicted molar refractivity (Wildman–Crippen MR) is 239 cm³/mol. The number of urea groups is 1. The summed E-state index contributed by atoms with van der Waals surface area (Å²) in [7, 11) is -6.19. The van der Waals surface area contributed by atoms with Crippen molar-refractivity contribution in [2.24, 2.45) is 5.41 Å². The van der Waals surface area contributed by atoms with Crippen LogP contribution in [0.4, 0.5) is 18.0 Å². The number of carboxylic acid groups (broad SMARTS) is 5. The maximum absolute atomic E-state index is 13.9. The molecule has 2 aromatic carbocycles. The normalized spacial score (nSPS) is 13.8. The summed E-state index contributed by atoms with van der Waals surface area (Å²) in [4.78, 5) is 124. The zero-order chi connectivity index (χ0) is 55.1. The van der Waals surface area contributed by atoms with Gasteiger partial charge in [-0.1, -0.05) is 42.5 Å². The van der Waals surface area contributed by atoms with Crippen molar-refractivity contribution in [3.63, 3.8) is 0 Å². The number of unbranched alkanes of at least 4 members (excludes halogenated alkanes) is 1. The zero-order valence-corrected chi connectivity index (χ0v) is 39.2. The number of carbonyl (C=O) groups excluding carboxylic acids is 5. The van der Waals surface area contributed by atoms with Gasteiger partial charge in [-0.2, -0.15) is 21.6 Å². The molecule has 0 bridgehead atoms. The number of nitrogens with one attached hydrogen (secondary N) is 6. The highest BCUT2D eigenvalue weighted by atomic mass is 32.2. The minimum absolute atomic E-state index is 0.0184. The number of hydrogen-bond acceptors (Lipinski definition) is 16. The molecule has 2 rings (SSSR count). The first-order chi connectivity index (χ1) is 34.1. The van der Waals surface area contributed by atoms with E-state index in [4.69, 9.17) is 14.9 Å². The Labute approximate surface area is 412 Å². The first kappa shape index (κ1) is 61.9. The number of hydrogen-bond donors (Lipinski definition) is 13. The minimum Gasteiger partial charge on any atom is -0.481 e. The van der Waals surface area contributed by atoms with Crippen molar-refractivity contribution in [2.45, 2.75) is 93.5 Å².